The van der Waals surface area contributed by atoms with E-state index in [1.165, 1.54) is 0 Å². The SMILES string of the molecule is C[C@@H]1C(O)CC[C@]2(C)C(=O)C(=Cc3ccccc3Br)CCC12. The van der Waals surface area contributed by atoms with Crippen LogP contribution in [-0.2, 0) is 4.79 Å². The van der Waals surface area contributed by atoms with Gasteiger partial charge in [0.25, 0.3) is 0 Å². The molecule has 2 aliphatic rings. The summed E-state index contributed by atoms with van der Waals surface area (Å²) < 4.78 is 1.02. The molecule has 0 aliphatic heterocycles. The first-order chi connectivity index (χ1) is 10.4. The van der Waals surface area contributed by atoms with E-state index in [4.69, 9.17) is 0 Å². The second-order valence-corrected chi connectivity index (χ2v) is 7.90. The molecule has 0 radical (unpaired) electrons. The zero-order valence-corrected chi connectivity index (χ0v) is 14.8. The summed E-state index contributed by atoms with van der Waals surface area (Å²) in [4.78, 5) is 13.1. The highest BCUT2D eigenvalue weighted by Crippen LogP contribution is 2.52. The number of Topliss-reactive ketones (excluding diaryl/α,β-unsaturated/α-hetero) is 1. The summed E-state index contributed by atoms with van der Waals surface area (Å²) in [6.07, 6.45) is 5.15. The molecule has 2 aliphatic carbocycles. The predicted molar refractivity (Wildman–Crippen MR) is 92.4 cm³/mol. The van der Waals surface area contributed by atoms with Gasteiger partial charge in [0.2, 0.25) is 0 Å². The van der Waals surface area contributed by atoms with E-state index >= 15 is 0 Å². The van der Waals surface area contributed by atoms with Crippen LogP contribution in [0, 0.1) is 17.3 Å². The Morgan fingerprint density at radius 2 is 2.05 bits per heavy atom. The van der Waals surface area contributed by atoms with Crippen molar-refractivity contribution in [3.8, 4) is 0 Å². The maximum atomic E-state index is 13.1. The van der Waals surface area contributed by atoms with Gasteiger partial charge < -0.3 is 5.11 Å². The fourth-order valence-electron chi connectivity index (χ4n) is 4.32. The van der Waals surface area contributed by atoms with Gasteiger partial charge in [0.1, 0.15) is 0 Å². The van der Waals surface area contributed by atoms with E-state index < -0.39 is 0 Å². The van der Waals surface area contributed by atoms with Crippen molar-refractivity contribution in [1.82, 2.24) is 0 Å². The largest absolute Gasteiger partial charge is 0.393 e. The van der Waals surface area contributed by atoms with E-state index in [1.54, 1.807) is 0 Å². The lowest BCUT2D eigenvalue weighted by Gasteiger charge is -2.49. The molecule has 1 aromatic carbocycles. The Morgan fingerprint density at radius 3 is 2.77 bits per heavy atom. The molecule has 0 aromatic heterocycles. The zero-order chi connectivity index (χ0) is 15.9. The topological polar surface area (TPSA) is 37.3 Å². The number of carbonyl (C=O) groups excluding carboxylic acids is 1. The van der Waals surface area contributed by atoms with Crippen LogP contribution in [-0.4, -0.2) is 17.0 Å². The molecule has 2 nitrogen and oxygen atoms in total. The van der Waals surface area contributed by atoms with E-state index in [-0.39, 0.29) is 17.4 Å². The monoisotopic (exact) mass is 362 g/mol. The third-order valence-corrected chi connectivity index (χ3v) is 6.51. The average molecular weight is 363 g/mol. The number of hydrogen-bond acceptors (Lipinski definition) is 2. The molecule has 4 atom stereocenters. The molecule has 0 heterocycles. The number of fused-ring (bicyclic) bond motifs is 1. The predicted octanol–water partition coefficient (Wildman–Crippen LogP) is 4.61. The Hall–Kier alpha value is -0.930. The standard InChI is InChI=1S/C19H23BrO2/c1-12-15-8-7-14(11-13-5-3-4-6-16(13)20)18(22)19(15,2)10-9-17(12)21/h3-6,11-12,15,17,21H,7-10H2,1-2H3/t12-,15?,17?,19-/m0/s1. The van der Waals surface area contributed by atoms with Crippen LogP contribution in [0.5, 0.6) is 0 Å². The molecule has 22 heavy (non-hydrogen) atoms. The van der Waals surface area contributed by atoms with Gasteiger partial charge in [0.15, 0.2) is 5.78 Å². The zero-order valence-electron chi connectivity index (χ0n) is 13.2. The summed E-state index contributed by atoms with van der Waals surface area (Å²) in [6.45, 7) is 4.21. The van der Waals surface area contributed by atoms with Crippen molar-refractivity contribution < 1.29 is 9.90 Å². The molecule has 3 heteroatoms. The van der Waals surface area contributed by atoms with E-state index in [2.05, 4.69) is 29.8 Å². The van der Waals surface area contributed by atoms with Crippen molar-refractivity contribution >= 4 is 27.8 Å². The number of aliphatic hydroxyl groups is 1. The van der Waals surface area contributed by atoms with Crippen LogP contribution >= 0.6 is 15.9 Å². The molecule has 2 unspecified atom stereocenters. The maximum Gasteiger partial charge on any atom is 0.165 e. The molecule has 0 amide bonds. The first-order valence-corrected chi connectivity index (χ1v) is 8.91. The molecule has 0 spiro atoms. The minimum atomic E-state index is -0.302. The summed E-state index contributed by atoms with van der Waals surface area (Å²) in [7, 11) is 0. The minimum absolute atomic E-state index is 0.215. The van der Waals surface area contributed by atoms with Crippen LogP contribution in [0.15, 0.2) is 34.3 Å². The van der Waals surface area contributed by atoms with E-state index in [9.17, 15) is 9.90 Å². The fourth-order valence-corrected chi connectivity index (χ4v) is 4.72. The van der Waals surface area contributed by atoms with Gasteiger partial charge in [-0.2, -0.15) is 0 Å². The molecule has 0 bridgehead atoms. The van der Waals surface area contributed by atoms with Crippen molar-refractivity contribution in [2.75, 3.05) is 0 Å². The lowest BCUT2D eigenvalue weighted by atomic mass is 9.55. The third-order valence-electron chi connectivity index (χ3n) is 5.79. The van der Waals surface area contributed by atoms with Crippen LogP contribution in [0.2, 0.25) is 0 Å². The summed E-state index contributed by atoms with van der Waals surface area (Å²) >= 11 is 3.55. The van der Waals surface area contributed by atoms with Crippen molar-refractivity contribution in [3.63, 3.8) is 0 Å². The number of benzene rings is 1. The molecule has 0 saturated heterocycles. The van der Waals surface area contributed by atoms with Crippen LogP contribution in [0.25, 0.3) is 6.08 Å². The number of carbonyl (C=O) groups is 1. The number of halogens is 1. The van der Waals surface area contributed by atoms with Crippen molar-refractivity contribution in [3.05, 3.63) is 39.9 Å². The summed E-state index contributed by atoms with van der Waals surface area (Å²) in [5, 5.41) is 10.1. The smallest absolute Gasteiger partial charge is 0.165 e. The molecule has 3 rings (SSSR count). The van der Waals surface area contributed by atoms with Crippen LogP contribution in [0.3, 0.4) is 0 Å². The molecule has 2 saturated carbocycles. The van der Waals surface area contributed by atoms with Gasteiger partial charge in [-0.25, -0.2) is 0 Å². The van der Waals surface area contributed by atoms with Gasteiger partial charge in [-0.1, -0.05) is 48.0 Å². The van der Waals surface area contributed by atoms with Gasteiger partial charge in [0.05, 0.1) is 6.10 Å². The Labute approximate surface area is 140 Å². The fraction of sp³-hybridized carbons (Fsp3) is 0.526. The Morgan fingerprint density at radius 1 is 1.32 bits per heavy atom. The van der Waals surface area contributed by atoms with Crippen LogP contribution < -0.4 is 0 Å². The number of allylic oxidation sites excluding steroid dienone is 1. The quantitative estimate of drug-likeness (QED) is 0.740. The van der Waals surface area contributed by atoms with Gasteiger partial charge in [-0.05, 0) is 60.8 Å². The van der Waals surface area contributed by atoms with Crippen molar-refractivity contribution in [2.24, 2.45) is 17.3 Å². The van der Waals surface area contributed by atoms with Crippen molar-refractivity contribution in [2.45, 2.75) is 45.6 Å². The number of ketones is 1. The molecule has 1 aromatic rings. The van der Waals surface area contributed by atoms with E-state index in [0.717, 1.165) is 41.3 Å². The molecule has 1 N–H and O–H groups in total. The lowest BCUT2D eigenvalue weighted by Crippen LogP contribution is -2.50. The molecular formula is C19H23BrO2. The first kappa shape index (κ1) is 15.9. The number of hydrogen-bond donors (Lipinski definition) is 1. The second kappa shape index (κ2) is 5.93. The van der Waals surface area contributed by atoms with Crippen LogP contribution in [0.4, 0.5) is 0 Å². The molecule has 118 valence electrons. The number of rotatable bonds is 1. The molecular weight excluding hydrogens is 340 g/mol. The summed E-state index contributed by atoms with van der Waals surface area (Å²) in [5.41, 5.74) is 1.70. The summed E-state index contributed by atoms with van der Waals surface area (Å²) in [6, 6.07) is 8.01. The van der Waals surface area contributed by atoms with E-state index in [0.29, 0.717) is 11.7 Å². The maximum absolute atomic E-state index is 13.1. The van der Waals surface area contributed by atoms with Crippen LogP contribution in [0.1, 0.15) is 45.1 Å². The highest BCUT2D eigenvalue weighted by atomic mass is 79.9. The van der Waals surface area contributed by atoms with Gasteiger partial charge >= 0.3 is 0 Å². The highest BCUT2D eigenvalue weighted by Gasteiger charge is 2.51. The number of aliphatic hydroxyl groups excluding tert-OH is 1. The minimum Gasteiger partial charge on any atom is -0.393 e. The van der Waals surface area contributed by atoms with Crippen molar-refractivity contribution in [1.29, 1.82) is 0 Å². The van der Waals surface area contributed by atoms with E-state index in [1.807, 2.05) is 30.3 Å². The summed E-state index contributed by atoms with van der Waals surface area (Å²) in [5.74, 6) is 0.811. The molecule has 2 fully saturated rings. The van der Waals surface area contributed by atoms with Gasteiger partial charge in [0, 0.05) is 9.89 Å². The Bertz CT molecular complexity index is 622. The Kier molecular flexibility index (Phi) is 4.30. The lowest BCUT2D eigenvalue weighted by molar-refractivity contribution is -0.137. The van der Waals surface area contributed by atoms with Gasteiger partial charge in [-0.3, -0.25) is 4.79 Å². The Balaban J connectivity index is 1.93. The highest BCUT2D eigenvalue weighted by molar-refractivity contribution is 9.10. The normalized spacial score (nSPS) is 37.2. The first-order valence-electron chi connectivity index (χ1n) is 8.11. The van der Waals surface area contributed by atoms with Gasteiger partial charge in [-0.15, -0.1) is 0 Å². The average Bonchev–Trinajstić information content (AvgIpc) is 2.50. The second-order valence-electron chi connectivity index (χ2n) is 7.05. The third kappa shape index (κ3) is 2.59.